The number of hydrogen-bond acceptors (Lipinski definition) is 6. The van der Waals surface area contributed by atoms with Gasteiger partial charge in [-0.05, 0) is 31.0 Å². The van der Waals surface area contributed by atoms with E-state index in [-0.39, 0.29) is 11.8 Å². The van der Waals surface area contributed by atoms with Crippen LogP contribution in [0.1, 0.15) is 25.7 Å². The van der Waals surface area contributed by atoms with Crippen LogP contribution in [0, 0.1) is 0 Å². The average molecular weight is 372 g/mol. The number of phenols is 1. The van der Waals surface area contributed by atoms with Gasteiger partial charge in [-0.25, -0.2) is 9.18 Å². The Morgan fingerprint density at radius 1 is 1.26 bits per heavy atom. The van der Waals surface area contributed by atoms with Crippen LogP contribution in [0.4, 0.5) is 10.2 Å². The summed E-state index contributed by atoms with van der Waals surface area (Å²) in [6.07, 6.45) is 2.45. The van der Waals surface area contributed by atoms with Crippen LogP contribution in [0.2, 0.25) is 0 Å². The van der Waals surface area contributed by atoms with Gasteiger partial charge in [0.15, 0.2) is 11.4 Å². The van der Waals surface area contributed by atoms with Crippen LogP contribution >= 0.6 is 0 Å². The first-order chi connectivity index (χ1) is 13.0. The Bertz CT molecular complexity index is 1030. The lowest BCUT2D eigenvalue weighted by Gasteiger charge is -2.34. The van der Waals surface area contributed by atoms with Gasteiger partial charge in [0.2, 0.25) is 0 Å². The van der Waals surface area contributed by atoms with Crippen LogP contribution in [0.3, 0.4) is 0 Å². The third-order valence-corrected chi connectivity index (χ3v) is 5.34. The van der Waals surface area contributed by atoms with Crippen molar-refractivity contribution in [1.82, 2.24) is 14.8 Å². The predicted molar refractivity (Wildman–Crippen MR) is 99.7 cm³/mol. The van der Waals surface area contributed by atoms with Crippen molar-refractivity contribution in [2.45, 2.75) is 37.9 Å². The smallest absolute Gasteiger partial charge is 0.419 e. The molecule has 1 saturated carbocycles. The number of aromatic nitrogens is 3. The van der Waals surface area contributed by atoms with Crippen molar-refractivity contribution in [3.63, 3.8) is 0 Å². The van der Waals surface area contributed by atoms with Crippen LogP contribution in [0.15, 0.2) is 33.5 Å². The van der Waals surface area contributed by atoms with Crippen LogP contribution in [-0.2, 0) is 7.05 Å². The molecule has 0 spiro atoms. The Balaban J connectivity index is 1.65. The van der Waals surface area contributed by atoms with Gasteiger partial charge in [0.1, 0.15) is 11.9 Å². The normalized spacial score (nSPS) is 20.1. The summed E-state index contributed by atoms with van der Waals surface area (Å²) >= 11 is 0. The number of halogens is 1. The van der Waals surface area contributed by atoms with Gasteiger partial charge in [0, 0.05) is 25.7 Å². The van der Waals surface area contributed by atoms with E-state index in [0.717, 1.165) is 19.3 Å². The molecule has 2 aromatic heterocycles. The second-order valence-electron chi connectivity index (χ2n) is 7.02. The van der Waals surface area contributed by atoms with E-state index >= 15 is 0 Å². The van der Waals surface area contributed by atoms with E-state index in [2.05, 4.69) is 10.2 Å². The van der Waals surface area contributed by atoms with Gasteiger partial charge in [-0.3, -0.25) is 4.57 Å². The summed E-state index contributed by atoms with van der Waals surface area (Å²) in [6.45, 7) is 0. The van der Waals surface area contributed by atoms with Gasteiger partial charge in [-0.1, -0.05) is 12.8 Å². The molecule has 0 bridgehead atoms. The fourth-order valence-electron chi connectivity index (χ4n) is 3.70. The minimum absolute atomic E-state index is 0.0228. The van der Waals surface area contributed by atoms with Crippen molar-refractivity contribution in [3.8, 4) is 17.0 Å². The number of alkyl halides is 1. The summed E-state index contributed by atoms with van der Waals surface area (Å²) in [6, 6.07) is 6.32. The largest absolute Gasteiger partial charge is 0.507 e. The first-order valence-corrected chi connectivity index (χ1v) is 8.99. The molecule has 0 radical (unpaired) electrons. The van der Waals surface area contributed by atoms with Crippen molar-refractivity contribution < 1.29 is 13.9 Å². The first kappa shape index (κ1) is 17.5. The zero-order chi connectivity index (χ0) is 19.1. The zero-order valence-electron chi connectivity index (χ0n) is 15.2. The quantitative estimate of drug-likeness (QED) is 0.761. The molecule has 0 saturated heterocycles. The van der Waals surface area contributed by atoms with E-state index in [1.54, 1.807) is 25.2 Å². The maximum Gasteiger partial charge on any atom is 0.419 e. The molecule has 1 N–H and O–H groups in total. The third-order valence-electron chi connectivity index (χ3n) is 5.34. The maximum absolute atomic E-state index is 14.2. The van der Waals surface area contributed by atoms with Crippen molar-refractivity contribution in [1.29, 1.82) is 0 Å². The molecule has 2 heterocycles. The number of oxazole rings is 1. The van der Waals surface area contributed by atoms with Crippen LogP contribution < -0.4 is 10.7 Å². The van der Waals surface area contributed by atoms with Gasteiger partial charge in [0.25, 0.3) is 0 Å². The molecule has 4 rings (SSSR count). The van der Waals surface area contributed by atoms with Crippen LogP contribution in [-0.4, -0.2) is 39.1 Å². The Kier molecular flexibility index (Phi) is 4.33. The number of rotatable bonds is 3. The summed E-state index contributed by atoms with van der Waals surface area (Å²) in [4.78, 5) is 13.5. The van der Waals surface area contributed by atoms with Gasteiger partial charge in [0.05, 0.1) is 17.3 Å². The predicted octanol–water partition coefficient (Wildman–Crippen LogP) is 3.01. The molecule has 1 aliphatic rings. The van der Waals surface area contributed by atoms with Gasteiger partial charge in [-0.2, -0.15) is 0 Å². The monoisotopic (exact) mass is 372 g/mol. The lowest BCUT2D eigenvalue weighted by molar-refractivity contribution is 0.213. The molecule has 0 unspecified atom stereocenters. The highest BCUT2D eigenvalue weighted by atomic mass is 19.1. The van der Waals surface area contributed by atoms with Crippen LogP contribution in [0.5, 0.6) is 5.75 Å². The van der Waals surface area contributed by atoms with E-state index in [9.17, 15) is 14.3 Å². The summed E-state index contributed by atoms with van der Waals surface area (Å²) < 4.78 is 20.7. The molecular weight excluding hydrogens is 351 g/mol. The Hall–Kier alpha value is -2.90. The lowest BCUT2D eigenvalue weighted by atomic mass is 9.92. The van der Waals surface area contributed by atoms with Crippen molar-refractivity contribution in [2.24, 2.45) is 7.05 Å². The molecule has 0 aliphatic heterocycles. The molecule has 142 valence electrons. The highest BCUT2D eigenvalue weighted by molar-refractivity contribution is 5.83. The Morgan fingerprint density at radius 2 is 2.04 bits per heavy atom. The number of aryl methyl sites for hydroxylation is 1. The lowest BCUT2D eigenvalue weighted by Crippen LogP contribution is -2.41. The van der Waals surface area contributed by atoms with Crippen molar-refractivity contribution in [3.05, 3.63) is 34.8 Å². The number of aromatic hydroxyl groups is 1. The van der Waals surface area contributed by atoms with E-state index in [1.165, 1.54) is 10.6 Å². The number of benzene rings is 1. The third kappa shape index (κ3) is 3.05. The minimum Gasteiger partial charge on any atom is -0.507 e. The topological polar surface area (TPSA) is 84.4 Å². The molecular formula is C19H21FN4O3. The highest BCUT2D eigenvalue weighted by Gasteiger charge is 2.29. The molecule has 1 aliphatic carbocycles. The number of fused-ring (bicyclic) bond motifs is 1. The number of hydrogen-bond donors (Lipinski definition) is 1. The maximum atomic E-state index is 14.2. The van der Waals surface area contributed by atoms with Crippen LogP contribution in [0.25, 0.3) is 22.4 Å². The molecule has 1 aromatic carbocycles. The van der Waals surface area contributed by atoms with E-state index in [0.29, 0.717) is 34.6 Å². The van der Waals surface area contributed by atoms with E-state index < -0.39 is 11.9 Å². The molecule has 7 nitrogen and oxygen atoms in total. The first-order valence-electron chi connectivity index (χ1n) is 8.99. The summed E-state index contributed by atoms with van der Waals surface area (Å²) in [5.74, 6) is 0.0587. The zero-order valence-corrected chi connectivity index (χ0v) is 15.2. The SMILES string of the molecule is CN(c1ccc(-c2cc3oc(=O)n(C)c3cc2O)nn1)[C@@H]1CCCC[C@@H]1F. The van der Waals surface area contributed by atoms with Gasteiger partial charge < -0.3 is 14.4 Å². The van der Waals surface area contributed by atoms with Crippen molar-refractivity contribution >= 4 is 16.9 Å². The molecule has 3 aromatic rings. The minimum atomic E-state index is -0.863. The number of nitrogens with zero attached hydrogens (tertiary/aromatic N) is 4. The average Bonchev–Trinajstić information content (AvgIpc) is 2.95. The second kappa shape index (κ2) is 6.68. The van der Waals surface area contributed by atoms with Gasteiger partial charge >= 0.3 is 5.76 Å². The van der Waals surface area contributed by atoms with E-state index in [1.807, 2.05) is 11.9 Å². The summed E-state index contributed by atoms with van der Waals surface area (Å²) in [5, 5.41) is 18.7. The molecule has 1 fully saturated rings. The summed E-state index contributed by atoms with van der Waals surface area (Å²) in [7, 11) is 3.40. The summed E-state index contributed by atoms with van der Waals surface area (Å²) in [5.41, 5.74) is 1.72. The molecule has 2 atom stereocenters. The Morgan fingerprint density at radius 3 is 2.74 bits per heavy atom. The number of phenolic OH excluding ortho intramolecular Hbond substituents is 1. The molecule has 8 heteroatoms. The van der Waals surface area contributed by atoms with Crippen molar-refractivity contribution in [2.75, 3.05) is 11.9 Å². The fraction of sp³-hybridized carbons (Fsp3) is 0.421. The fourth-order valence-corrected chi connectivity index (χ4v) is 3.70. The standard InChI is InChI=1S/C19H21FN4O3/c1-23(14-6-4-3-5-12(14)20)18-8-7-13(21-22-18)11-9-17-15(10-16(11)25)24(2)19(26)27-17/h7-10,12,14,25H,3-6H2,1-2H3/t12-,14+/m0/s1. The second-order valence-corrected chi connectivity index (χ2v) is 7.02. The number of anilines is 1. The molecule has 27 heavy (non-hydrogen) atoms. The van der Waals surface area contributed by atoms with E-state index in [4.69, 9.17) is 4.42 Å². The van der Waals surface area contributed by atoms with Gasteiger partial charge in [-0.15, -0.1) is 10.2 Å². The Labute approximate surface area is 155 Å². The highest BCUT2D eigenvalue weighted by Crippen LogP contribution is 2.33. The molecule has 0 amide bonds.